The molecule has 0 saturated heterocycles. The zero-order valence-electron chi connectivity index (χ0n) is 14.6. The Kier molecular flexibility index (Phi) is 4.89. The van der Waals surface area contributed by atoms with Gasteiger partial charge in [0.15, 0.2) is 5.82 Å². The molecular weight excluding hydrogens is 366 g/mol. The predicted molar refractivity (Wildman–Crippen MR) is 101 cm³/mol. The second-order valence-corrected chi connectivity index (χ2v) is 7.83. The van der Waals surface area contributed by atoms with Gasteiger partial charge in [0.05, 0.1) is 0 Å². The van der Waals surface area contributed by atoms with E-state index in [1.165, 1.54) is 24.2 Å². The molecule has 1 fully saturated rings. The molecule has 0 unspecified atom stereocenters. The van der Waals surface area contributed by atoms with Gasteiger partial charge in [-0.1, -0.05) is 18.0 Å². The van der Waals surface area contributed by atoms with Gasteiger partial charge in [-0.3, -0.25) is 4.79 Å². The van der Waals surface area contributed by atoms with Crippen LogP contribution in [0.2, 0.25) is 0 Å². The van der Waals surface area contributed by atoms with Gasteiger partial charge in [-0.25, -0.2) is 4.79 Å². The molecule has 1 aliphatic rings. The highest BCUT2D eigenvalue weighted by atomic mass is 32.1. The minimum atomic E-state index is -0.946. The van der Waals surface area contributed by atoms with Crippen LogP contribution in [0.4, 0.5) is 5.69 Å². The van der Waals surface area contributed by atoms with E-state index >= 15 is 0 Å². The molecule has 0 aliphatic heterocycles. The van der Waals surface area contributed by atoms with Gasteiger partial charge in [-0.2, -0.15) is 4.98 Å². The number of carbonyl (C=O) groups excluding carboxylic acids is 1. The number of thiophene rings is 1. The first kappa shape index (κ1) is 17.7. The fourth-order valence-electron chi connectivity index (χ4n) is 3.39. The summed E-state index contributed by atoms with van der Waals surface area (Å²) in [5.41, 5.74) is 0.638. The standard InChI is InChI=1S/C19H19N3O4S/c23-16(7-8-17-21-18(22-26-17)11-3-1-2-4-11)20-13-5-6-14-12(9-13)10-15(27-14)19(24)25/h5-6,9-11H,1-4,7-8H2,(H,20,23)(H,24,25). The van der Waals surface area contributed by atoms with Crippen molar-refractivity contribution in [3.63, 3.8) is 0 Å². The van der Waals surface area contributed by atoms with Crippen LogP contribution in [-0.4, -0.2) is 27.1 Å². The predicted octanol–water partition coefficient (Wildman–Crippen LogP) is 4.21. The van der Waals surface area contributed by atoms with Crippen LogP contribution >= 0.6 is 11.3 Å². The Labute approximate surface area is 159 Å². The Morgan fingerprint density at radius 1 is 1.26 bits per heavy atom. The Morgan fingerprint density at radius 3 is 2.85 bits per heavy atom. The quantitative estimate of drug-likeness (QED) is 0.658. The van der Waals surface area contributed by atoms with Gasteiger partial charge < -0.3 is 14.9 Å². The van der Waals surface area contributed by atoms with Crippen molar-refractivity contribution in [2.24, 2.45) is 0 Å². The van der Waals surface area contributed by atoms with Gasteiger partial charge >= 0.3 is 5.97 Å². The molecule has 1 saturated carbocycles. The molecule has 0 radical (unpaired) electrons. The summed E-state index contributed by atoms with van der Waals surface area (Å²) in [6.07, 6.45) is 5.27. The molecule has 0 bridgehead atoms. The molecule has 4 rings (SSSR count). The van der Waals surface area contributed by atoms with E-state index < -0.39 is 5.97 Å². The van der Waals surface area contributed by atoms with Crippen LogP contribution < -0.4 is 5.32 Å². The lowest BCUT2D eigenvalue weighted by molar-refractivity contribution is -0.116. The fraction of sp³-hybridized carbons (Fsp3) is 0.368. The minimum Gasteiger partial charge on any atom is -0.477 e. The molecule has 2 aromatic heterocycles. The molecule has 7 nitrogen and oxygen atoms in total. The summed E-state index contributed by atoms with van der Waals surface area (Å²) >= 11 is 1.21. The van der Waals surface area contributed by atoms with E-state index in [0.717, 1.165) is 28.8 Å². The Hall–Kier alpha value is -2.74. The van der Waals surface area contributed by atoms with Gasteiger partial charge in [0.2, 0.25) is 11.8 Å². The Balaban J connectivity index is 1.35. The first-order chi connectivity index (χ1) is 13.1. The van der Waals surface area contributed by atoms with Gasteiger partial charge in [0.1, 0.15) is 4.88 Å². The second kappa shape index (κ2) is 7.48. The number of hydrogen-bond acceptors (Lipinski definition) is 6. The number of hydrogen-bond donors (Lipinski definition) is 2. The number of fused-ring (bicyclic) bond motifs is 1. The molecule has 8 heteroatoms. The van der Waals surface area contributed by atoms with Crippen molar-refractivity contribution in [2.45, 2.75) is 44.4 Å². The smallest absolute Gasteiger partial charge is 0.345 e. The number of nitrogens with one attached hydrogen (secondary N) is 1. The van der Waals surface area contributed by atoms with Gasteiger partial charge in [-0.15, -0.1) is 11.3 Å². The van der Waals surface area contributed by atoms with Crippen LogP contribution in [-0.2, 0) is 11.2 Å². The third-order valence-electron chi connectivity index (χ3n) is 4.78. The second-order valence-electron chi connectivity index (χ2n) is 6.74. The van der Waals surface area contributed by atoms with Crippen molar-refractivity contribution >= 4 is 39.0 Å². The van der Waals surface area contributed by atoms with Gasteiger partial charge in [0, 0.05) is 29.1 Å². The maximum absolute atomic E-state index is 12.2. The molecule has 1 aliphatic carbocycles. The van der Waals surface area contributed by atoms with E-state index in [4.69, 9.17) is 9.63 Å². The number of benzene rings is 1. The Bertz CT molecular complexity index is 988. The van der Waals surface area contributed by atoms with Crippen molar-refractivity contribution < 1.29 is 19.2 Å². The normalized spacial score (nSPS) is 14.7. The van der Waals surface area contributed by atoms with Crippen LogP contribution in [0.3, 0.4) is 0 Å². The number of aryl methyl sites for hydroxylation is 1. The van der Waals surface area contributed by atoms with Crippen molar-refractivity contribution in [3.05, 3.63) is 40.9 Å². The number of anilines is 1. The first-order valence-electron chi connectivity index (χ1n) is 8.98. The number of aromatic carboxylic acids is 1. The summed E-state index contributed by atoms with van der Waals surface area (Å²) in [5.74, 6) is 0.554. The zero-order valence-corrected chi connectivity index (χ0v) is 15.4. The molecule has 140 valence electrons. The third-order valence-corrected chi connectivity index (χ3v) is 5.88. The highest BCUT2D eigenvalue weighted by Gasteiger charge is 2.22. The summed E-state index contributed by atoms with van der Waals surface area (Å²) in [4.78, 5) is 28.0. The summed E-state index contributed by atoms with van der Waals surface area (Å²) in [6.45, 7) is 0. The number of aromatic nitrogens is 2. The molecule has 2 heterocycles. The van der Waals surface area contributed by atoms with Crippen molar-refractivity contribution in [1.82, 2.24) is 10.1 Å². The number of rotatable bonds is 6. The van der Waals surface area contributed by atoms with E-state index in [2.05, 4.69) is 15.5 Å². The first-order valence-corrected chi connectivity index (χ1v) is 9.79. The molecule has 27 heavy (non-hydrogen) atoms. The van der Waals surface area contributed by atoms with Crippen molar-refractivity contribution in [1.29, 1.82) is 0 Å². The number of carboxylic acids is 1. The average molecular weight is 385 g/mol. The van der Waals surface area contributed by atoms with Crippen LogP contribution in [0.5, 0.6) is 0 Å². The minimum absolute atomic E-state index is 0.149. The van der Waals surface area contributed by atoms with Crippen molar-refractivity contribution in [3.8, 4) is 0 Å². The van der Waals surface area contributed by atoms with E-state index in [1.54, 1.807) is 18.2 Å². The number of carboxylic acid groups (broad SMARTS) is 1. The maximum atomic E-state index is 12.2. The summed E-state index contributed by atoms with van der Waals surface area (Å²) < 4.78 is 6.14. The number of amides is 1. The highest BCUT2D eigenvalue weighted by Crippen LogP contribution is 2.32. The number of carbonyl (C=O) groups is 2. The molecule has 1 aromatic carbocycles. The lowest BCUT2D eigenvalue weighted by Crippen LogP contribution is -2.12. The lowest BCUT2D eigenvalue weighted by atomic mass is 10.1. The SMILES string of the molecule is O=C(CCc1nc(C2CCCC2)no1)Nc1ccc2sc(C(=O)O)cc2c1. The fourth-order valence-corrected chi connectivity index (χ4v) is 4.27. The maximum Gasteiger partial charge on any atom is 0.345 e. The summed E-state index contributed by atoms with van der Waals surface area (Å²) in [7, 11) is 0. The average Bonchev–Trinajstić information content (AvgIpc) is 3.38. The van der Waals surface area contributed by atoms with E-state index in [1.807, 2.05) is 6.07 Å². The molecule has 0 spiro atoms. The monoisotopic (exact) mass is 385 g/mol. The van der Waals surface area contributed by atoms with Gasteiger partial charge in [0.25, 0.3) is 0 Å². The molecule has 0 atom stereocenters. The molecule has 2 N–H and O–H groups in total. The van der Waals surface area contributed by atoms with E-state index in [9.17, 15) is 9.59 Å². The van der Waals surface area contributed by atoms with Crippen LogP contribution in [0.25, 0.3) is 10.1 Å². The van der Waals surface area contributed by atoms with E-state index in [0.29, 0.717) is 23.9 Å². The summed E-state index contributed by atoms with van der Waals surface area (Å²) in [6, 6.07) is 6.98. The Morgan fingerprint density at radius 2 is 2.07 bits per heavy atom. The van der Waals surface area contributed by atoms with Crippen molar-refractivity contribution in [2.75, 3.05) is 5.32 Å². The lowest BCUT2D eigenvalue weighted by Gasteiger charge is -2.04. The third kappa shape index (κ3) is 4.00. The number of nitrogens with zero attached hydrogens (tertiary/aromatic N) is 2. The molecular formula is C19H19N3O4S. The molecule has 3 aromatic rings. The highest BCUT2D eigenvalue weighted by molar-refractivity contribution is 7.20. The summed E-state index contributed by atoms with van der Waals surface area (Å²) in [5, 5.41) is 16.7. The van der Waals surface area contributed by atoms with Crippen LogP contribution in [0, 0.1) is 0 Å². The van der Waals surface area contributed by atoms with Gasteiger partial charge in [-0.05, 0) is 42.5 Å². The van der Waals surface area contributed by atoms with Crippen LogP contribution in [0.1, 0.15) is 59.4 Å². The molecule has 1 amide bonds. The zero-order chi connectivity index (χ0) is 18.8. The van der Waals surface area contributed by atoms with E-state index in [-0.39, 0.29) is 17.2 Å². The largest absolute Gasteiger partial charge is 0.477 e. The topological polar surface area (TPSA) is 105 Å². The van der Waals surface area contributed by atoms with Crippen LogP contribution in [0.15, 0.2) is 28.8 Å².